The Morgan fingerprint density at radius 3 is 1.64 bits per heavy atom. The van der Waals surface area contributed by atoms with Crippen molar-refractivity contribution >= 4 is 11.6 Å². The summed E-state index contributed by atoms with van der Waals surface area (Å²) in [5.41, 5.74) is 2.27. The molecule has 0 aliphatic rings. The van der Waals surface area contributed by atoms with Gasteiger partial charge in [0, 0.05) is 28.8 Å². The predicted octanol–water partition coefficient (Wildman–Crippen LogP) is 5.62. The zero-order chi connectivity index (χ0) is 25.9. The Hall–Kier alpha value is -4.29. The van der Waals surface area contributed by atoms with Crippen LogP contribution < -0.4 is 4.74 Å². The van der Waals surface area contributed by atoms with E-state index in [2.05, 4.69) is 0 Å². The zero-order valence-corrected chi connectivity index (χ0v) is 20.2. The summed E-state index contributed by atoms with van der Waals surface area (Å²) in [5, 5.41) is 9.10. The van der Waals surface area contributed by atoms with E-state index in [1.165, 1.54) is 36.4 Å². The van der Waals surface area contributed by atoms with Gasteiger partial charge in [0.2, 0.25) is 0 Å². The number of likely N-dealkylation sites (N-methyl/N-ethyl adjacent to an activating group) is 1. The monoisotopic (exact) mass is 485 g/mol. The molecule has 0 radical (unpaired) electrons. The minimum absolute atomic E-state index is 0.0319. The first-order valence-corrected chi connectivity index (χ1v) is 11.4. The first kappa shape index (κ1) is 26.3. The Balaban J connectivity index is 0.000000212. The Morgan fingerprint density at radius 2 is 1.14 bits per heavy atom. The molecule has 0 fully saturated rings. The molecule has 0 spiro atoms. The van der Waals surface area contributed by atoms with E-state index in [1.807, 2.05) is 37.2 Å². The maximum absolute atomic E-state index is 12.8. The Kier molecular flexibility index (Phi) is 9.48. The Labute approximate surface area is 210 Å². The normalized spacial score (nSPS) is 10.3. The number of ketones is 2. The molecule has 0 atom stereocenters. The van der Waals surface area contributed by atoms with E-state index in [0.717, 1.165) is 12.3 Å². The summed E-state index contributed by atoms with van der Waals surface area (Å²) in [6, 6.07) is 27.8. The van der Waals surface area contributed by atoms with E-state index in [4.69, 9.17) is 9.84 Å². The van der Waals surface area contributed by atoms with Crippen LogP contribution in [0.25, 0.3) is 0 Å². The number of halogens is 1. The largest absolute Gasteiger partial charge is 0.508 e. The lowest BCUT2D eigenvalue weighted by molar-refractivity contribution is 0.103. The number of hydrogen-bond acceptors (Lipinski definition) is 5. The van der Waals surface area contributed by atoms with Crippen molar-refractivity contribution in [2.24, 2.45) is 0 Å². The van der Waals surface area contributed by atoms with Crippen LogP contribution in [0.2, 0.25) is 0 Å². The topological polar surface area (TPSA) is 66.8 Å². The number of hydrogen-bond donors (Lipinski definition) is 1. The summed E-state index contributed by atoms with van der Waals surface area (Å²) >= 11 is 0. The second-order valence-corrected chi connectivity index (χ2v) is 8.25. The van der Waals surface area contributed by atoms with E-state index < -0.39 is 0 Å². The second kappa shape index (κ2) is 13.0. The Bertz CT molecular complexity index is 1250. The highest BCUT2D eigenvalue weighted by atomic mass is 19.1. The fourth-order valence-electron chi connectivity index (χ4n) is 3.19. The third-order valence-corrected chi connectivity index (χ3v) is 5.20. The predicted molar refractivity (Wildman–Crippen MR) is 138 cm³/mol. The van der Waals surface area contributed by atoms with E-state index in [-0.39, 0.29) is 23.1 Å². The summed E-state index contributed by atoms with van der Waals surface area (Å²) in [4.78, 5) is 26.1. The first-order chi connectivity index (χ1) is 17.3. The summed E-state index contributed by atoms with van der Waals surface area (Å²) in [5.74, 6) is 0.383. The van der Waals surface area contributed by atoms with Crippen LogP contribution in [0.5, 0.6) is 11.5 Å². The van der Waals surface area contributed by atoms with Gasteiger partial charge in [-0.05, 0) is 86.9 Å². The number of phenols is 1. The third kappa shape index (κ3) is 7.89. The van der Waals surface area contributed by atoms with Crippen LogP contribution in [0, 0.1) is 5.82 Å². The van der Waals surface area contributed by atoms with Gasteiger partial charge in [-0.25, -0.2) is 4.39 Å². The molecule has 0 bridgehead atoms. The molecule has 1 N–H and O–H groups in total. The molecule has 4 aromatic carbocycles. The summed E-state index contributed by atoms with van der Waals surface area (Å²) in [6.45, 7) is 1.43. The lowest BCUT2D eigenvalue weighted by Gasteiger charge is -2.11. The standard InChI is InChI=1S/C17H18FNO2.C13H10O2/c1-19(2)11-12-21-16-9-5-14(6-10-16)17(20)13-3-7-15(18)8-4-13;14-12-8-6-11(7-9-12)13(15)10-4-2-1-3-5-10/h3-10H,11-12H2,1-2H3;1-9,14H. The van der Waals surface area contributed by atoms with Gasteiger partial charge in [0.1, 0.15) is 23.9 Å². The molecule has 0 aliphatic carbocycles. The van der Waals surface area contributed by atoms with E-state index in [9.17, 15) is 14.0 Å². The summed E-state index contributed by atoms with van der Waals surface area (Å²) in [7, 11) is 3.96. The van der Waals surface area contributed by atoms with Crippen molar-refractivity contribution in [2.45, 2.75) is 0 Å². The van der Waals surface area contributed by atoms with Gasteiger partial charge in [-0.1, -0.05) is 30.3 Å². The molecule has 4 rings (SSSR count). The van der Waals surface area contributed by atoms with Crippen molar-refractivity contribution in [1.29, 1.82) is 0 Å². The summed E-state index contributed by atoms with van der Waals surface area (Å²) < 4.78 is 18.4. The highest BCUT2D eigenvalue weighted by Crippen LogP contribution is 2.16. The number of carbonyl (C=O) groups is 2. The smallest absolute Gasteiger partial charge is 0.193 e. The maximum Gasteiger partial charge on any atom is 0.193 e. The van der Waals surface area contributed by atoms with Crippen LogP contribution in [0.1, 0.15) is 31.8 Å². The van der Waals surface area contributed by atoms with E-state index in [1.54, 1.807) is 48.5 Å². The molecule has 0 saturated heterocycles. The van der Waals surface area contributed by atoms with Gasteiger partial charge in [-0.3, -0.25) is 9.59 Å². The molecule has 5 nitrogen and oxygen atoms in total. The molecule has 0 amide bonds. The zero-order valence-electron chi connectivity index (χ0n) is 20.2. The highest BCUT2D eigenvalue weighted by molar-refractivity contribution is 6.09. The highest BCUT2D eigenvalue weighted by Gasteiger charge is 2.09. The molecule has 184 valence electrons. The minimum Gasteiger partial charge on any atom is -0.508 e. The van der Waals surface area contributed by atoms with Crippen molar-refractivity contribution in [3.05, 3.63) is 131 Å². The molecule has 36 heavy (non-hydrogen) atoms. The molecule has 6 heteroatoms. The van der Waals surface area contributed by atoms with Crippen molar-refractivity contribution < 1.29 is 23.8 Å². The molecule has 4 aromatic rings. The number of rotatable bonds is 8. The van der Waals surface area contributed by atoms with Gasteiger partial charge in [-0.2, -0.15) is 0 Å². The van der Waals surface area contributed by atoms with Gasteiger partial charge >= 0.3 is 0 Å². The van der Waals surface area contributed by atoms with Crippen LogP contribution in [-0.2, 0) is 0 Å². The molecular weight excluding hydrogens is 457 g/mol. The maximum atomic E-state index is 12.8. The van der Waals surface area contributed by atoms with Gasteiger partial charge in [0.25, 0.3) is 0 Å². The van der Waals surface area contributed by atoms with Crippen LogP contribution in [-0.4, -0.2) is 48.8 Å². The van der Waals surface area contributed by atoms with Crippen molar-refractivity contribution in [2.75, 3.05) is 27.2 Å². The van der Waals surface area contributed by atoms with Gasteiger partial charge in [0.05, 0.1) is 0 Å². The second-order valence-electron chi connectivity index (χ2n) is 8.25. The number of benzene rings is 4. The molecule has 0 heterocycles. The first-order valence-electron chi connectivity index (χ1n) is 11.4. The number of aromatic hydroxyl groups is 1. The van der Waals surface area contributed by atoms with Gasteiger partial charge in [0.15, 0.2) is 11.6 Å². The van der Waals surface area contributed by atoms with Crippen LogP contribution >= 0.6 is 0 Å². The number of nitrogens with zero attached hydrogens (tertiary/aromatic N) is 1. The van der Waals surface area contributed by atoms with Crippen molar-refractivity contribution in [3.63, 3.8) is 0 Å². The number of ether oxygens (including phenoxy) is 1. The van der Waals surface area contributed by atoms with Crippen LogP contribution in [0.4, 0.5) is 4.39 Å². The quantitative estimate of drug-likeness (QED) is 0.328. The average Bonchev–Trinajstić information content (AvgIpc) is 2.90. The Morgan fingerprint density at radius 1 is 0.694 bits per heavy atom. The van der Waals surface area contributed by atoms with E-state index >= 15 is 0 Å². The minimum atomic E-state index is -0.351. The van der Waals surface area contributed by atoms with Crippen LogP contribution in [0.3, 0.4) is 0 Å². The fraction of sp³-hybridized carbons (Fsp3) is 0.133. The molecule has 0 saturated carbocycles. The molecule has 0 aromatic heterocycles. The SMILES string of the molecule is CN(C)CCOc1ccc(C(=O)c2ccc(F)cc2)cc1.O=C(c1ccccc1)c1ccc(O)cc1. The van der Waals surface area contributed by atoms with E-state index in [0.29, 0.717) is 28.9 Å². The van der Waals surface area contributed by atoms with Crippen molar-refractivity contribution in [1.82, 2.24) is 4.90 Å². The average molecular weight is 486 g/mol. The lowest BCUT2D eigenvalue weighted by atomic mass is 10.0. The van der Waals surface area contributed by atoms with Crippen molar-refractivity contribution in [3.8, 4) is 11.5 Å². The molecule has 0 unspecified atom stereocenters. The fourth-order valence-corrected chi connectivity index (χ4v) is 3.19. The number of phenolic OH excluding ortho intramolecular Hbond substituents is 1. The lowest BCUT2D eigenvalue weighted by Crippen LogP contribution is -2.19. The third-order valence-electron chi connectivity index (χ3n) is 5.20. The van der Waals surface area contributed by atoms with Crippen LogP contribution in [0.15, 0.2) is 103 Å². The van der Waals surface area contributed by atoms with Gasteiger partial charge in [-0.15, -0.1) is 0 Å². The van der Waals surface area contributed by atoms with Gasteiger partial charge < -0.3 is 14.7 Å². The number of carbonyl (C=O) groups excluding carboxylic acids is 2. The summed E-state index contributed by atoms with van der Waals surface area (Å²) in [6.07, 6.45) is 0. The molecule has 0 aliphatic heterocycles. The molecular formula is C30H28FNO4.